The molecule has 0 heteroatoms. The van der Waals surface area contributed by atoms with Crippen LogP contribution in [-0.4, -0.2) is 0 Å². The fourth-order valence-electron chi connectivity index (χ4n) is 2.57. The SMILES string of the molecule is c1cc2cc3cccc4cc(c1)c2=c34. The molecule has 0 atom stereocenters. The van der Waals surface area contributed by atoms with Crippen molar-refractivity contribution in [1.82, 2.24) is 0 Å². The third kappa shape index (κ3) is 0.589. The van der Waals surface area contributed by atoms with Gasteiger partial charge in [-0.05, 0) is 44.1 Å². The third-order valence-corrected chi connectivity index (χ3v) is 3.13. The van der Waals surface area contributed by atoms with Gasteiger partial charge in [-0.2, -0.15) is 0 Å². The van der Waals surface area contributed by atoms with Crippen LogP contribution in [0.15, 0.2) is 48.5 Å². The van der Waals surface area contributed by atoms with E-state index in [2.05, 4.69) is 48.5 Å². The lowest BCUT2D eigenvalue weighted by Crippen LogP contribution is -1.64. The lowest BCUT2D eigenvalue weighted by Gasteiger charge is -1.87. The maximum atomic E-state index is 2.28. The Morgan fingerprint density at radius 2 is 0.857 bits per heavy atom. The summed E-state index contributed by atoms with van der Waals surface area (Å²) in [5, 5.41) is 8.38. The molecule has 2 aromatic rings. The van der Waals surface area contributed by atoms with E-state index >= 15 is 0 Å². The van der Waals surface area contributed by atoms with E-state index in [0.717, 1.165) is 0 Å². The lowest BCUT2D eigenvalue weighted by atomic mass is 10.2. The van der Waals surface area contributed by atoms with Crippen molar-refractivity contribution in [3.05, 3.63) is 59.0 Å². The molecule has 0 heterocycles. The van der Waals surface area contributed by atoms with E-state index < -0.39 is 0 Å². The van der Waals surface area contributed by atoms with E-state index in [9.17, 15) is 0 Å². The standard InChI is InChI=1S/C14H8/c1-3-9-7-11-5-2-6-12-8-10(4-1)13(9)14(11)12/h1-8H. The zero-order valence-corrected chi connectivity index (χ0v) is 7.62. The van der Waals surface area contributed by atoms with E-state index in [0.29, 0.717) is 0 Å². The molecular formula is C14H8. The highest BCUT2D eigenvalue weighted by atomic mass is 14.1. The average molecular weight is 176 g/mol. The first-order chi connectivity index (χ1) is 6.93. The summed E-state index contributed by atoms with van der Waals surface area (Å²) in [5.74, 6) is 0. The summed E-state index contributed by atoms with van der Waals surface area (Å²) < 4.78 is 0. The highest BCUT2D eigenvalue weighted by Crippen LogP contribution is 2.28. The summed E-state index contributed by atoms with van der Waals surface area (Å²) in [5.41, 5.74) is 0. The Hall–Kier alpha value is -1.82. The summed E-state index contributed by atoms with van der Waals surface area (Å²) in [7, 11) is 0. The fourth-order valence-corrected chi connectivity index (χ4v) is 2.57. The molecule has 0 unspecified atom stereocenters. The highest BCUT2D eigenvalue weighted by molar-refractivity contribution is 5.90. The quantitative estimate of drug-likeness (QED) is 0.384. The third-order valence-electron chi connectivity index (χ3n) is 3.13. The zero-order chi connectivity index (χ0) is 9.12. The van der Waals surface area contributed by atoms with Gasteiger partial charge in [0.1, 0.15) is 0 Å². The summed E-state index contributed by atoms with van der Waals surface area (Å²) >= 11 is 0. The lowest BCUT2D eigenvalue weighted by molar-refractivity contribution is 1.76. The van der Waals surface area contributed by atoms with Crippen molar-refractivity contribution in [3.8, 4) is 0 Å². The van der Waals surface area contributed by atoms with Gasteiger partial charge in [0.2, 0.25) is 0 Å². The van der Waals surface area contributed by atoms with Gasteiger partial charge in [-0.25, -0.2) is 0 Å². The predicted molar refractivity (Wildman–Crippen MR) is 59.1 cm³/mol. The van der Waals surface area contributed by atoms with Crippen molar-refractivity contribution in [2.24, 2.45) is 0 Å². The molecule has 14 heavy (non-hydrogen) atoms. The van der Waals surface area contributed by atoms with Crippen molar-refractivity contribution in [2.45, 2.75) is 0 Å². The van der Waals surface area contributed by atoms with Gasteiger partial charge in [-0.15, -0.1) is 0 Å². The highest BCUT2D eigenvalue weighted by Gasteiger charge is 2.06. The first kappa shape index (κ1) is 6.61. The molecule has 0 radical (unpaired) electrons. The van der Waals surface area contributed by atoms with Crippen LogP contribution < -0.4 is 0 Å². The Morgan fingerprint density at radius 1 is 0.500 bits per heavy atom. The molecule has 4 rings (SSSR count). The smallest absolute Gasteiger partial charge is 0.00264 e. The molecule has 2 aromatic carbocycles. The fraction of sp³-hybridized carbons (Fsp3) is 0. The molecule has 0 amide bonds. The maximum absolute atomic E-state index is 2.28. The van der Waals surface area contributed by atoms with Crippen LogP contribution in [0.4, 0.5) is 0 Å². The van der Waals surface area contributed by atoms with Crippen molar-refractivity contribution in [1.29, 1.82) is 0 Å². The Morgan fingerprint density at radius 3 is 1.21 bits per heavy atom. The molecule has 0 aromatic heterocycles. The summed E-state index contributed by atoms with van der Waals surface area (Å²) in [6.45, 7) is 0. The summed E-state index contributed by atoms with van der Waals surface area (Å²) in [4.78, 5) is 0. The van der Waals surface area contributed by atoms with Crippen LogP contribution in [0.5, 0.6) is 0 Å². The minimum absolute atomic E-state index is 1.37. The number of hydrogen-bond acceptors (Lipinski definition) is 0. The van der Waals surface area contributed by atoms with Gasteiger partial charge in [-0.1, -0.05) is 36.4 Å². The molecule has 0 saturated heterocycles. The minimum Gasteiger partial charge on any atom is -0.0610 e. The monoisotopic (exact) mass is 176 g/mol. The molecule has 0 bridgehead atoms. The number of benzene rings is 2. The van der Waals surface area contributed by atoms with Gasteiger partial charge in [0.25, 0.3) is 0 Å². The Bertz CT molecular complexity index is 645. The summed E-state index contributed by atoms with van der Waals surface area (Å²) in [6.07, 6.45) is 0. The van der Waals surface area contributed by atoms with Crippen LogP contribution >= 0.6 is 0 Å². The minimum atomic E-state index is 1.37. The van der Waals surface area contributed by atoms with Crippen molar-refractivity contribution < 1.29 is 0 Å². The molecular weight excluding hydrogens is 168 g/mol. The molecule has 0 saturated carbocycles. The Labute approximate surface area is 81.1 Å². The van der Waals surface area contributed by atoms with Gasteiger partial charge >= 0.3 is 0 Å². The van der Waals surface area contributed by atoms with Crippen LogP contribution in [0.2, 0.25) is 0 Å². The molecule has 0 fully saturated rings. The van der Waals surface area contributed by atoms with Crippen molar-refractivity contribution in [3.63, 3.8) is 0 Å². The van der Waals surface area contributed by atoms with E-state index in [4.69, 9.17) is 0 Å². The molecule has 0 aliphatic heterocycles. The second kappa shape index (κ2) is 1.98. The zero-order valence-electron chi connectivity index (χ0n) is 7.62. The van der Waals surface area contributed by atoms with Crippen molar-refractivity contribution in [2.75, 3.05) is 0 Å². The van der Waals surface area contributed by atoms with Gasteiger partial charge in [0.15, 0.2) is 0 Å². The van der Waals surface area contributed by atoms with Crippen LogP contribution in [0.1, 0.15) is 0 Å². The van der Waals surface area contributed by atoms with E-state index in [-0.39, 0.29) is 0 Å². The second-order valence-electron chi connectivity index (χ2n) is 3.91. The molecule has 0 nitrogen and oxygen atoms in total. The van der Waals surface area contributed by atoms with Gasteiger partial charge < -0.3 is 0 Å². The normalized spacial score (nSPS) is 12.3. The van der Waals surface area contributed by atoms with Gasteiger partial charge in [-0.3, -0.25) is 0 Å². The molecule has 0 spiro atoms. The average Bonchev–Trinajstić information content (AvgIpc) is 2.74. The Balaban J connectivity index is 2.65. The van der Waals surface area contributed by atoms with E-state index in [1.807, 2.05) is 0 Å². The van der Waals surface area contributed by atoms with Crippen LogP contribution in [0.25, 0.3) is 21.5 Å². The molecule has 64 valence electrons. The topological polar surface area (TPSA) is 0 Å². The molecule has 2 aliphatic carbocycles. The van der Waals surface area contributed by atoms with Crippen molar-refractivity contribution >= 4 is 21.5 Å². The first-order valence-electron chi connectivity index (χ1n) is 4.89. The van der Waals surface area contributed by atoms with Gasteiger partial charge in [0.05, 0.1) is 0 Å². The predicted octanol–water partition coefficient (Wildman–Crippen LogP) is 3.59. The number of hydrogen-bond donors (Lipinski definition) is 0. The van der Waals surface area contributed by atoms with Gasteiger partial charge in [0, 0.05) is 0 Å². The Kier molecular flexibility index (Phi) is 0.935. The molecule has 2 aliphatic rings. The van der Waals surface area contributed by atoms with E-state index in [1.165, 1.54) is 32.0 Å². The maximum Gasteiger partial charge on any atom is -0.00264 e. The molecule has 0 N–H and O–H groups in total. The first-order valence-corrected chi connectivity index (χ1v) is 4.89. The van der Waals surface area contributed by atoms with Crippen LogP contribution in [0.3, 0.4) is 0 Å². The van der Waals surface area contributed by atoms with Crippen LogP contribution in [0, 0.1) is 10.4 Å². The van der Waals surface area contributed by atoms with Crippen LogP contribution in [-0.2, 0) is 0 Å². The largest absolute Gasteiger partial charge is 0.0610 e. The second-order valence-corrected chi connectivity index (χ2v) is 3.91. The summed E-state index contributed by atoms with van der Waals surface area (Å²) in [6, 6.07) is 17.6. The van der Waals surface area contributed by atoms with E-state index in [1.54, 1.807) is 0 Å². The number of rotatable bonds is 0.